The molecule has 2 aliphatic heterocycles. The summed E-state index contributed by atoms with van der Waals surface area (Å²) in [5.41, 5.74) is 0. The monoisotopic (exact) mass is 295 g/mol. The zero-order valence-corrected chi connectivity index (χ0v) is 13.9. The summed E-state index contributed by atoms with van der Waals surface area (Å²) in [5.74, 6) is 1.04. The van der Waals surface area contributed by atoms with Crippen LogP contribution in [0.1, 0.15) is 58.8 Å². The summed E-state index contributed by atoms with van der Waals surface area (Å²) in [5, 5.41) is 6.58. The second kappa shape index (κ2) is 8.74. The van der Waals surface area contributed by atoms with E-state index in [1.807, 2.05) is 0 Å². The zero-order valence-electron chi connectivity index (χ0n) is 13.9. The summed E-state index contributed by atoms with van der Waals surface area (Å²) < 4.78 is 0. The average Bonchev–Trinajstić information content (AvgIpc) is 2.97. The van der Waals surface area contributed by atoms with Crippen molar-refractivity contribution in [1.29, 1.82) is 0 Å². The van der Waals surface area contributed by atoms with Crippen LogP contribution in [0.5, 0.6) is 0 Å². The van der Waals surface area contributed by atoms with Crippen molar-refractivity contribution in [2.45, 2.75) is 70.9 Å². The number of amides is 1. The van der Waals surface area contributed by atoms with Crippen LogP contribution in [0, 0.1) is 5.92 Å². The third-order valence-electron chi connectivity index (χ3n) is 4.88. The maximum Gasteiger partial charge on any atom is 0.237 e. The van der Waals surface area contributed by atoms with E-state index in [0.29, 0.717) is 6.04 Å². The lowest BCUT2D eigenvalue weighted by Crippen LogP contribution is -2.50. The summed E-state index contributed by atoms with van der Waals surface area (Å²) in [6.07, 6.45) is 8.21. The third kappa shape index (κ3) is 5.26. The fourth-order valence-electron chi connectivity index (χ4n) is 3.65. The molecule has 0 bridgehead atoms. The van der Waals surface area contributed by atoms with Gasteiger partial charge in [-0.25, -0.2) is 0 Å². The zero-order chi connectivity index (χ0) is 15.1. The van der Waals surface area contributed by atoms with Crippen LogP contribution in [-0.4, -0.2) is 49.1 Å². The van der Waals surface area contributed by atoms with E-state index >= 15 is 0 Å². The molecule has 0 saturated carbocycles. The highest BCUT2D eigenvalue weighted by atomic mass is 16.2. The third-order valence-corrected chi connectivity index (χ3v) is 4.88. The SMILES string of the molecule is CC(C)CCCCNC(=O)C1CCCN1C1CCNCC1. The fraction of sp³-hybridized carbons (Fsp3) is 0.941. The molecular formula is C17H33N3O. The van der Waals surface area contributed by atoms with Crippen molar-refractivity contribution in [2.75, 3.05) is 26.2 Å². The second-order valence-electron chi connectivity index (χ2n) is 7.06. The lowest BCUT2D eigenvalue weighted by molar-refractivity contribution is -0.126. The topological polar surface area (TPSA) is 44.4 Å². The van der Waals surface area contributed by atoms with E-state index in [-0.39, 0.29) is 11.9 Å². The number of carbonyl (C=O) groups excluding carboxylic acids is 1. The van der Waals surface area contributed by atoms with Crippen molar-refractivity contribution in [2.24, 2.45) is 5.92 Å². The van der Waals surface area contributed by atoms with Crippen molar-refractivity contribution in [3.8, 4) is 0 Å². The first-order valence-electron chi connectivity index (χ1n) is 8.92. The van der Waals surface area contributed by atoms with E-state index < -0.39 is 0 Å². The Hall–Kier alpha value is -0.610. The predicted molar refractivity (Wildman–Crippen MR) is 87.3 cm³/mol. The van der Waals surface area contributed by atoms with Gasteiger partial charge in [0.15, 0.2) is 0 Å². The molecule has 2 fully saturated rings. The van der Waals surface area contributed by atoms with Crippen molar-refractivity contribution in [1.82, 2.24) is 15.5 Å². The Morgan fingerprint density at radius 1 is 1.24 bits per heavy atom. The van der Waals surface area contributed by atoms with E-state index in [4.69, 9.17) is 0 Å². The molecule has 2 rings (SSSR count). The first kappa shape index (κ1) is 16.8. The highest BCUT2D eigenvalue weighted by molar-refractivity contribution is 5.82. The van der Waals surface area contributed by atoms with Crippen LogP contribution in [0.15, 0.2) is 0 Å². The van der Waals surface area contributed by atoms with Crippen LogP contribution in [-0.2, 0) is 4.79 Å². The molecule has 2 heterocycles. The number of carbonyl (C=O) groups is 1. The molecule has 0 spiro atoms. The standard InChI is InChI=1S/C17H33N3O/c1-14(2)6-3-4-10-19-17(21)16-7-5-13-20(16)15-8-11-18-12-9-15/h14-16,18H,3-13H2,1-2H3,(H,19,21). The van der Waals surface area contributed by atoms with E-state index in [9.17, 15) is 4.79 Å². The molecule has 0 aliphatic carbocycles. The molecule has 0 radical (unpaired) electrons. The van der Waals surface area contributed by atoms with Crippen LogP contribution in [0.25, 0.3) is 0 Å². The Balaban J connectivity index is 1.70. The van der Waals surface area contributed by atoms with Gasteiger partial charge in [0, 0.05) is 12.6 Å². The number of likely N-dealkylation sites (tertiary alicyclic amines) is 1. The van der Waals surface area contributed by atoms with Gasteiger partial charge in [0.25, 0.3) is 0 Å². The molecule has 0 aromatic carbocycles. The van der Waals surface area contributed by atoms with Crippen molar-refractivity contribution in [3.63, 3.8) is 0 Å². The van der Waals surface area contributed by atoms with Gasteiger partial charge in [-0.15, -0.1) is 0 Å². The Labute approximate surface area is 130 Å². The van der Waals surface area contributed by atoms with Gasteiger partial charge in [0.05, 0.1) is 6.04 Å². The Kier molecular flexibility index (Phi) is 6.97. The van der Waals surface area contributed by atoms with Crippen LogP contribution in [0.3, 0.4) is 0 Å². The van der Waals surface area contributed by atoms with Crippen LogP contribution in [0.4, 0.5) is 0 Å². The molecule has 1 amide bonds. The highest BCUT2D eigenvalue weighted by Crippen LogP contribution is 2.24. The average molecular weight is 295 g/mol. The number of nitrogens with zero attached hydrogens (tertiary/aromatic N) is 1. The maximum atomic E-state index is 12.4. The Morgan fingerprint density at radius 3 is 2.71 bits per heavy atom. The maximum absolute atomic E-state index is 12.4. The van der Waals surface area contributed by atoms with Gasteiger partial charge in [-0.1, -0.05) is 26.7 Å². The van der Waals surface area contributed by atoms with Crippen LogP contribution < -0.4 is 10.6 Å². The smallest absolute Gasteiger partial charge is 0.237 e. The lowest BCUT2D eigenvalue weighted by atomic mass is 10.0. The molecule has 4 nitrogen and oxygen atoms in total. The molecular weight excluding hydrogens is 262 g/mol. The van der Waals surface area contributed by atoms with Gasteiger partial charge in [0.2, 0.25) is 5.91 Å². The van der Waals surface area contributed by atoms with E-state index in [1.54, 1.807) is 0 Å². The van der Waals surface area contributed by atoms with Gasteiger partial charge in [0.1, 0.15) is 0 Å². The minimum Gasteiger partial charge on any atom is -0.355 e. The number of hydrogen-bond acceptors (Lipinski definition) is 3. The van der Waals surface area contributed by atoms with Crippen molar-refractivity contribution < 1.29 is 4.79 Å². The second-order valence-corrected chi connectivity index (χ2v) is 7.06. The molecule has 1 unspecified atom stereocenters. The van der Waals surface area contributed by atoms with Gasteiger partial charge in [-0.2, -0.15) is 0 Å². The molecule has 21 heavy (non-hydrogen) atoms. The molecule has 2 saturated heterocycles. The number of nitrogens with one attached hydrogen (secondary N) is 2. The number of rotatable bonds is 7. The first-order valence-corrected chi connectivity index (χ1v) is 8.92. The molecule has 122 valence electrons. The summed E-state index contributed by atoms with van der Waals surface area (Å²) in [4.78, 5) is 14.9. The molecule has 2 aliphatic rings. The Bertz CT molecular complexity index is 313. The Morgan fingerprint density at radius 2 is 2.00 bits per heavy atom. The molecule has 4 heteroatoms. The summed E-state index contributed by atoms with van der Waals surface area (Å²) in [7, 11) is 0. The van der Waals surface area contributed by atoms with Crippen molar-refractivity contribution >= 4 is 5.91 Å². The van der Waals surface area contributed by atoms with Crippen LogP contribution in [0.2, 0.25) is 0 Å². The molecule has 2 N–H and O–H groups in total. The normalized spacial score (nSPS) is 24.6. The summed E-state index contributed by atoms with van der Waals surface area (Å²) in [6, 6.07) is 0.753. The van der Waals surface area contributed by atoms with E-state index in [0.717, 1.165) is 44.9 Å². The first-order chi connectivity index (χ1) is 10.2. The van der Waals surface area contributed by atoms with Gasteiger partial charge < -0.3 is 10.6 Å². The number of hydrogen-bond donors (Lipinski definition) is 2. The van der Waals surface area contributed by atoms with Crippen LogP contribution >= 0.6 is 0 Å². The van der Waals surface area contributed by atoms with E-state index in [2.05, 4.69) is 29.4 Å². The number of unbranched alkanes of at least 4 members (excludes halogenated alkanes) is 1. The number of piperidine rings is 1. The van der Waals surface area contributed by atoms with E-state index in [1.165, 1.54) is 32.1 Å². The van der Waals surface area contributed by atoms with Crippen molar-refractivity contribution in [3.05, 3.63) is 0 Å². The predicted octanol–water partition coefficient (Wildman–Crippen LogP) is 2.15. The minimum atomic E-state index is 0.137. The highest BCUT2D eigenvalue weighted by Gasteiger charge is 2.35. The molecule has 0 aromatic heterocycles. The van der Waals surface area contributed by atoms with Gasteiger partial charge in [-0.05, 0) is 57.7 Å². The van der Waals surface area contributed by atoms with Gasteiger partial charge >= 0.3 is 0 Å². The quantitative estimate of drug-likeness (QED) is 0.707. The fourth-order valence-corrected chi connectivity index (χ4v) is 3.65. The molecule has 0 aromatic rings. The molecule has 1 atom stereocenters. The van der Waals surface area contributed by atoms with Gasteiger partial charge in [-0.3, -0.25) is 9.69 Å². The largest absolute Gasteiger partial charge is 0.355 e. The lowest BCUT2D eigenvalue weighted by Gasteiger charge is -2.35. The minimum absolute atomic E-state index is 0.137. The summed E-state index contributed by atoms with van der Waals surface area (Å²) >= 11 is 0. The summed E-state index contributed by atoms with van der Waals surface area (Å²) in [6.45, 7) is 8.68.